The molecule has 6 heteroatoms. The molecule has 2 aromatic carbocycles. The van der Waals surface area contributed by atoms with Gasteiger partial charge >= 0.3 is 41.8 Å². The SMILES string of the molecule is CC(/C=C(/C)[N-]c1ccccc1)=Nc1ccccc1.[Cl][V]([Cl])[Cl]. The molecule has 0 saturated heterocycles. The molecule has 0 unspecified atom stereocenters. The van der Waals surface area contributed by atoms with Crippen molar-refractivity contribution in [1.29, 1.82) is 0 Å². The average molecular weight is 407 g/mol. The Balaban J connectivity index is 0.000000593. The third-order valence-corrected chi connectivity index (χ3v) is 2.54. The van der Waals surface area contributed by atoms with Gasteiger partial charge in [-0.3, -0.25) is 4.99 Å². The van der Waals surface area contributed by atoms with Gasteiger partial charge in [0.15, 0.2) is 0 Å². The van der Waals surface area contributed by atoms with Gasteiger partial charge in [0.1, 0.15) is 0 Å². The molecule has 0 fully saturated rings. The van der Waals surface area contributed by atoms with Gasteiger partial charge in [0.2, 0.25) is 0 Å². The van der Waals surface area contributed by atoms with Gasteiger partial charge in [-0.15, -0.1) is 5.69 Å². The van der Waals surface area contributed by atoms with Crippen LogP contribution in [-0.2, 0) is 12.3 Å². The molecule has 0 bridgehead atoms. The summed E-state index contributed by atoms with van der Waals surface area (Å²) in [6.07, 6.45) is 1.99. The first-order chi connectivity index (χ1) is 11.0. The van der Waals surface area contributed by atoms with E-state index in [0.717, 1.165) is 22.8 Å². The molecule has 0 heterocycles. The minimum absolute atomic E-state index is 0.948. The predicted octanol–water partition coefficient (Wildman–Crippen LogP) is 7.45. The monoisotopic (exact) mass is 405 g/mol. The second-order valence-electron chi connectivity index (χ2n) is 4.51. The van der Waals surface area contributed by atoms with Crippen LogP contribution in [0.1, 0.15) is 13.8 Å². The normalized spacial score (nSPS) is 11.7. The Morgan fingerprint density at radius 1 is 0.913 bits per heavy atom. The Kier molecular flexibility index (Phi) is 10.2. The van der Waals surface area contributed by atoms with Crippen molar-refractivity contribution in [2.24, 2.45) is 4.99 Å². The van der Waals surface area contributed by atoms with Gasteiger partial charge in [0, 0.05) is 5.71 Å². The second-order valence-corrected chi connectivity index (χ2v) is 11.4. The van der Waals surface area contributed by atoms with Crippen LogP contribution in [0.5, 0.6) is 0 Å². The number of hydrogen-bond donors (Lipinski definition) is 0. The van der Waals surface area contributed by atoms with Gasteiger partial charge in [0.05, 0.1) is 5.69 Å². The fraction of sp³-hybridized carbons (Fsp3) is 0.118. The summed E-state index contributed by atoms with van der Waals surface area (Å²) in [6, 6.07) is 19.9. The molecule has 0 amide bonds. The summed E-state index contributed by atoms with van der Waals surface area (Å²) in [6.45, 7) is 3.97. The van der Waals surface area contributed by atoms with Crippen molar-refractivity contribution in [1.82, 2.24) is 0 Å². The first-order valence-corrected chi connectivity index (χ1v) is 12.6. The quantitative estimate of drug-likeness (QED) is 0.471. The molecule has 0 saturated carbocycles. The summed E-state index contributed by atoms with van der Waals surface area (Å²) < 4.78 is 0. The van der Waals surface area contributed by atoms with E-state index in [4.69, 9.17) is 29.5 Å². The standard InChI is InChI=1S/C17H17N2.3ClH.V/c1-14(18-16-9-5-3-6-10-16)13-15(2)19-17-11-7-4-8-12-17;;;;/h3-13H,1-2H3;3*1H;/q-1;;;;+3/p-3/b14-13-,19-15?;;;;. The van der Waals surface area contributed by atoms with Crippen LogP contribution in [0.15, 0.2) is 77.4 Å². The van der Waals surface area contributed by atoms with Crippen molar-refractivity contribution in [2.75, 3.05) is 0 Å². The molecular weight excluding hydrogens is 390 g/mol. The molecule has 2 aromatic rings. The van der Waals surface area contributed by atoms with Crippen LogP contribution in [0.3, 0.4) is 0 Å². The van der Waals surface area contributed by atoms with E-state index in [1.54, 1.807) is 0 Å². The van der Waals surface area contributed by atoms with E-state index in [1.807, 2.05) is 80.6 Å². The van der Waals surface area contributed by atoms with Crippen molar-refractivity contribution in [2.45, 2.75) is 13.8 Å². The number of allylic oxidation sites excluding steroid dienone is 2. The maximum atomic E-state index is 4.95. The fourth-order valence-electron chi connectivity index (χ4n) is 1.78. The Morgan fingerprint density at radius 3 is 1.91 bits per heavy atom. The molecule has 0 atom stereocenters. The summed E-state index contributed by atoms with van der Waals surface area (Å²) in [7, 11) is 14.9. The number of hydrogen-bond acceptors (Lipinski definition) is 1. The average Bonchev–Trinajstić information content (AvgIpc) is 2.48. The minimum atomic E-state index is -1.77. The van der Waals surface area contributed by atoms with Crippen LogP contribution in [0.25, 0.3) is 5.32 Å². The summed E-state index contributed by atoms with van der Waals surface area (Å²) in [5.74, 6) is 0. The zero-order chi connectivity index (χ0) is 17.1. The molecule has 122 valence electrons. The number of nitrogens with zero attached hydrogens (tertiary/aromatic N) is 2. The van der Waals surface area contributed by atoms with Crippen molar-refractivity contribution >= 4 is 46.6 Å². The topological polar surface area (TPSA) is 26.5 Å². The third-order valence-electron chi connectivity index (χ3n) is 2.54. The molecule has 0 N–H and O–H groups in total. The molecule has 0 aliphatic heterocycles. The number of para-hydroxylation sites is 2. The summed E-state index contributed by atoms with van der Waals surface area (Å²) in [4.78, 5) is 4.52. The zero-order valence-electron chi connectivity index (χ0n) is 12.8. The van der Waals surface area contributed by atoms with Crippen molar-refractivity contribution in [3.8, 4) is 0 Å². The molecule has 0 radical (unpaired) electrons. The van der Waals surface area contributed by atoms with Crippen molar-refractivity contribution < 1.29 is 12.3 Å². The van der Waals surface area contributed by atoms with Crippen molar-refractivity contribution in [3.63, 3.8) is 0 Å². The third kappa shape index (κ3) is 10.5. The Labute approximate surface area is 155 Å². The van der Waals surface area contributed by atoms with E-state index in [0.29, 0.717) is 0 Å². The molecule has 0 aliphatic carbocycles. The maximum absolute atomic E-state index is 4.95. The van der Waals surface area contributed by atoms with Crippen LogP contribution in [0.2, 0.25) is 0 Å². The van der Waals surface area contributed by atoms with E-state index in [9.17, 15) is 0 Å². The molecule has 23 heavy (non-hydrogen) atoms. The number of halogens is 3. The number of benzene rings is 2. The van der Waals surface area contributed by atoms with Crippen LogP contribution in [0, 0.1) is 0 Å². The van der Waals surface area contributed by atoms with Crippen LogP contribution >= 0.6 is 29.5 Å². The molecule has 0 spiro atoms. The van der Waals surface area contributed by atoms with Crippen LogP contribution < -0.4 is 0 Å². The van der Waals surface area contributed by atoms with E-state index >= 15 is 0 Å². The Hall–Kier alpha value is -0.896. The Bertz CT molecular complexity index is 626. The first-order valence-electron chi connectivity index (χ1n) is 6.80. The van der Waals surface area contributed by atoms with Crippen LogP contribution in [0.4, 0.5) is 11.4 Å². The van der Waals surface area contributed by atoms with Gasteiger partial charge in [-0.2, -0.15) is 5.70 Å². The number of aliphatic imine (C=N–C) groups is 1. The zero-order valence-corrected chi connectivity index (χ0v) is 16.5. The molecule has 0 aliphatic rings. The van der Waals surface area contributed by atoms with Crippen LogP contribution in [-0.4, -0.2) is 5.71 Å². The number of rotatable bonds is 4. The first kappa shape index (κ1) is 20.1. The summed E-state index contributed by atoms with van der Waals surface area (Å²) >= 11 is -1.77. The van der Waals surface area contributed by atoms with Gasteiger partial charge in [0.25, 0.3) is 0 Å². The van der Waals surface area contributed by atoms with E-state index in [-0.39, 0.29) is 0 Å². The second kappa shape index (κ2) is 11.6. The Morgan fingerprint density at radius 2 is 1.39 bits per heavy atom. The van der Waals surface area contributed by atoms with Gasteiger partial charge in [-0.25, -0.2) is 0 Å². The van der Waals surface area contributed by atoms with E-state index in [2.05, 4.69) is 10.3 Å². The molecule has 0 aromatic heterocycles. The summed E-state index contributed by atoms with van der Waals surface area (Å²) in [5, 5.41) is 4.52. The van der Waals surface area contributed by atoms with Gasteiger partial charge in [-0.05, 0) is 19.1 Å². The van der Waals surface area contributed by atoms with E-state index in [1.165, 1.54) is 0 Å². The molecule has 2 rings (SSSR count). The van der Waals surface area contributed by atoms with Crippen molar-refractivity contribution in [3.05, 3.63) is 77.8 Å². The molecule has 2 nitrogen and oxygen atoms in total. The fourth-order valence-corrected chi connectivity index (χ4v) is 1.78. The molecular formula is C17H17Cl3N2V-. The van der Waals surface area contributed by atoms with Gasteiger partial charge in [-0.1, -0.05) is 61.5 Å². The van der Waals surface area contributed by atoms with E-state index < -0.39 is 12.3 Å². The van der Waals surface area contributed by atoms with Gasteiger partial charge < -0.3 is 5.32 Å². The summed E-state index contributed by atoms with van der Waals surface area (Å²) in [5.41, 5.74) is 3.82. The predicted molar refractivity (Wildman–Crippen MR) is 100.0 cm³/mol.